The van der Waals surface area contributed by atoms with Gasteiger partial charge in [-0.05, 0) is 55.8 Å². The Morgan fingerprint density at radius 2 is 1.79 bits per heavy atom. The van der Waals surface area contributed by atoms with Crippen LogP contribution >= 0.6 is 0 Å². The predicted octanol–water partition coefficient (Wildman–Crippen LogP) is 3.37. The highest BCUT2D eigenvalue weighted by Gasteiger charge is 2.42. The molecule has 4 atom stereocenters. The molecular formula is C20H28F4N4. The van der Waals surface area contributed by atoms with E-state index in [4.69, 9.17) is 0 Å². The second-order valence-corrected chi connectivity index (χ2v) is 8.17. The van der Waals surface area contributed by atoms with Crippen LogP contribution in [0.3, 0.4) is 0 Å². The van der Waals surface area contributed by atoms with Crippen molar-refractivity contribution < 1.29 is 17.6 Å². The van der Waals surface area contributed by atoms with E-state index in [0.717, 1.165) is 43.6 Å². The first kappa shape index (κ1) is 20.1. The summed E-state index contributed by atoms with van der Waals surface area (Å²) >= 11 is 0. The monoisotopic (exact) mass is 400 g/mol. The summed E-state index contributed by atoms with van der Waals surface area (Å²) in [5.41, 5.74) is 0.168. The average molecular weight is 400 g/mol. The van der Waals surface area contributed by atoms with Crippen LogP contribution in [0.25, 0.3) is 0 Å². The summed E-state index contributed by atoms with van der Waals surface area (Å²) in [6.45, 7) is 2.07. The predicted molar refractivity (Wildman–Crippen MR) is 99.1 cm³/mol. The van der Waals surface area contributed by atoms with Gasteiger partial charge in [0.15, 0.2) is 6.17 Å². The molecular weight excluding hydrogens is 372 g/mol. The fourth-order valence-corrected chi connectivity index (χ4v) is 4.53. The zero-order valence-electron chi connectivity index (χ0n) is 15.8. The van der Waals surface area contributed by atoms with E-state index < -0.39 is 30.2 Å². The van der Waals surface area contributed by atoms with E-state index in [1.807, 2.05) is 0 Å². The van der Waals surface area contributed by atoms with E-state index in [1.165, 1.54) is 31.4 Å². The number of nitrogens with one attached hydrogen (secondary N) is 3. The Balaban J connectivity index is 1.43. The van der Waals surface area contributed by atoms with Crippen molar-refractivity contribution in [2.45, 2.75) is 62.8 Å². The van der Waals surface area contributed by atoms with E-state index in [-0.39, 0.29) is 6.04 Å². The Labute approximate surface area is 163 Å². The van der Waals surface area contributed by atoms with Crippen LogP contribution in [0.5, 0.6) is 0 Å². The standard InChI is InChI=1S/C20H28F4N4/c21-17-18(25-11-13-3-1-4-13)26-12-27-19(17)28-10-2-5-16(28)14-6-8-15(9-7-14)20(22,23)24/h6-9,13,16-19,25-27H,1-5,10-12H2. The molecule has 0 radical (unpaired) electrons. The minimum Gasteiger partial charge on any atom is -0.299 e. The molecule has 156 valence electrons. The number of nitrogens with zero attached hydrogens (tertiary/aromatic N) is 1. The quantitative estimate of drug-likeness (QED) is 0.663. The van der Waals surface area contributed by atoms with Gasteiger partial charge in [0, 0.05) is 19.3 Å². The molecule has 0 amide bonds. The molecule has 4 rings (SSSR count). The van der Waals surface area contributed by atoms with Crippen LogP contribution in [0.4, 0.5) is 17.6 Å². The van der Waals surface area contributed by atoms with Gasteiger partial charge in [-0.1, -0.05) is 18.6 Å². The molecule has 1 aliphatic carbocycles. The highest BCUT2D eigenvalue weighted by molar-refractivity contribution is 5.27. The largest absolute Gasteiger partial charge is 0.416 e. The maximum atomic E-state index is 15.3. The molecule has 2 heterocycles. The van der Waals surface area contributed by atoms with Gasteiger partial charge in [-0.15, -0.1) is 0 Å². The molecule has 3 aliphatic rings. The second-order valence-electron chi connectivity index (χ2n) is 8.17. The molecule has 28 heavy (non-hydrogen) atoms. The van der Waals surface area contributed by atoms with E-state index in [2.05, 4.69) is 20.9 Å². The Kier molecular flexibility index (Phi) is 5.92. The van der Waals surface area contributed by atoms with Crippen LogP contribution in [0.2, 0.25) is 0 Å². The molecule has 3 N–H and O–H groups in total. The van der Waals surface area contributed by atoms with Crippen LogP contribution in [-0.4, -0.2) is 43.2 Å². The van der Waals surface area contributed by atoms with Gasteiger partial charge >= 0.3 is 6.18 Å². The van der Waals surface area contributed by atoms with Crippen molar-refractivity contribution in [1.82, 2.24) is 20.9 Å². The van der Waals surface area contributed by atoms with E-state index in [9.17, 15) is 13.2 Å². The SMILES string of the molecule is FC1C(NCC2CCC2)NCNC1N1CCCC1c1ccc(C(F)(F)F)cc1. The molecule has 2 aliphatic heterocycles. The third kappa shape index (κ3) is 4.20. The van der Waals surface area contributed by atoms with Crippen LogP contribution in [0.1, 0.15) is 49.3 Å². The Bertz CT molecular complexity index is 647. The first-order chi connectivity index (χ1) is 13.4. The number of likely N-dealkylation sites (tertiary alicyclic amines) is 1. The fraction of sp³-hybridized carbons (Fsp3) is 0.700. The van der Waals surface area contributed by atoms with Gasteiger partial charge < -0.3 is 0 Å². The van der Waals surface area contributed by atoms with E-state index in [0.29, 0.717) is 12.6 Å². The third-order valence-electron chi connectivity index (χ3n) is 6.38. The summed E-state index contributed by atoms with van der Waals surface area (Å²) in [6.07, 6.45) is -0.918. The Hall–Kier alpha value is -1.22. The first-order valence-electron chi connectivity index (χ1n) is 10.2. The smallest absolute Gasteiger partial charge is 0.299 e. The molecule has 0 aromatic heterocycles. The molecule has 2 saturated heterocycles. The maximum absolute atomic E-state index is 15.3. The highest BCUT2D eigenvalue weighted by atomic mass is 19.4. The normalized spacial score (nSPS) is 32.4. The lowest BCUT2D eigenvalue weighted by Gasteiger charge is -2.43. The second kappa shape index (κ2) is 8.26. The van der Waals surface area contributed by atoms with Crippen molar-refractivity contribution >= 4 is 0 Å². The van der Waals surface area contributed by atoms with Gasteiger partial charge in [0.05, 0.1) is 17.9 Å². The molecule has 4 nitrogen and oxygen atoms in total. The number of rotatable bonds is 5. The minimum absolute atomic E-state index is 0.0663. The van der Waals surface area contributed by atoms with Gasteiger partial charge in [-0.3, -0.25) is 20.9 Å². The number of hydrogen-bond donors (Lipinski definition) is 3. The topological polar surface area (TPSA) is 39.3 Å². The third-order valence-corrected chi connectivity index (χ3v) is 6.38. The zero-order chi connectivity index (χ0) is 19.7. The van der Waals surface area contributed by atoms with Gasteiger partial charge in [-0.2, -0.15) is 13.2 Å². The molecule has 4 unspecified atom stereocenters. The first-order valence-corrected chi connectivity index (χ1v) is 10.2. The fourth-order valence-electron chi connectivity index (χ4n) is 4.53. The summed E-state index contributed by atoms with van der Waals surface area (Å²) in [5, 5.41) is 9.69. The minimum atomic E-state index is -4.34. The van der Waals surface area contributed by atoms with Crippen molar-refractivity contribution in [3.05, 3.63) is 35.4 Å². The lowest BCUT2D eigenvalue weighted by Crippen LogP contribution is -2.68. The molecule has 1 saturated carbocycles. The lowest BCUT2D eigenvalue weighted by molar-refractivity contribution is -0.137. The van der Waals surface area contributed by atoms with Gasteiger partial charge in [0.2, 0.25) is 0 Å². The highest BCUT2D eigenvalue weighted by Crippen LogP contribution is 2.37. The summed E-state index contributed by atoms with van der Waals surface area (Å²) in [5.74, 6) is 0.647. The van der Waals surface area contributed by atoms with Crippen LogP contribution in [0.15, 0.2) is 24.3 Å². The van der Waals surface area contributed by atoms with Crippen molar-refractivity contribution in [3.8, 4) is 0 Å². The molecule has 1 aromatic carbocycles. The number of hydrogen-bond acceptors (Lipinski definition) is 4. The summed E-state index contributed by atoms with van der Waals surface area (Å²) in [6, 6.07) is 5.25. The van der Waals surface area contributed by atoms with E-state index in [1.54, 1.807) is 0 Å². The molecule has 0 spiro atoms. The lowest BCUT2D eigenvalue weighted by atomic mass is 9.85. The molecule has 3 fully saturated rings. The molecule has 0 bridgehead atoms. The van der Waals surface area contributed by atoms with Crippen LogP contribution < -0.4 is 16.0 Å². The molecule has 1 aromatic rings. The summed E-state index contributed by atoms with van der Waals surface area (Å²) in [4.78, 5) is 2.08. The Morgan fingerprint density at radius 1 is 1.04 bits per heavy atom. The zero-order valence-corrected chi connectivity index (χ0v) is 15.8. The summed E-state index contributed by atoms with van der Waals surface area (Å²) in [7, 11) is 0. The molecule has 8 heteroatoms. The van der Waals surface area contributed by atoms with Crippen molar-refractivity contribution in [1.29, 1.82) is 0 Å². The van der Waals surface area contributed by atoms with Gasteiger partial charge in [0.25, 0.3) is 0 Å². The number of halogens is 4. The summed E-state index contributed by atoms with van der Waals surface area (Å²) < 4.78 is 53.8. The number of alkyl halides is 4. The van der Waals surface area contributed by atoms with Gasteiger partial charge in [-0.25, -0.2) is 4.39 Å². The number of benzene rings is 1. The van der Waals surface area contributed by atoms with E-state index >= 15 is 4.39 Å². The Morgan fingerprint density at radius 3 is 2.43 bits per heavy atom. The van der Waals surface area contributed by atoms with Gasteiger partial charge in [0.1, 0.15) is 0 Å². The van der Waals surface area contributed by atoms with Crippen LogP contribution in [0, 0.1) is 5.92 Å². The van der Waals surface area contributed by atoms with Crippen LogP contribution in [-0.2, 0) is 6.18 Å². The van der Waals surface area contributed by atoms with Crippen molar-refractivity contribution in [2.75, 3.05) is 19.8 Å². The van der Waals surface area contributed by atoms with Crippen molar-refractivity contribution in [3.63, 3.8) is 0 Å². The average Bonchev–Trinajstić information content (AvgIpc) is 3.10. The maximum Gasteiger partial charge on any atom is 0.416 e. The van der Waals surface area contributed by atoms with Crippen molar-refractivity contribution in [2.24, 2.45) is 5.92 Å².